The number of fused-ring (bicyclic) bond motifs is 9. The lowest BCUT2D eigenvalue weighted by molar-refractivity contribution is 0.668. The molecular weight excluding hydrogens is 1500 g/mol. The Morgan fingerprint density at radius 1 is 0.163 bits per heavy atom. The molecule has 0 saturated heterocycles. The summed E-state index contributed by atoms with van der Waals surface area (Å²) in [5.74, 6) is 0. The molecule has 22 rings (SSSR count). The summed E-state index contributed by atoms with van der Waals surface area (Å²) < 4.78 is 20.4. The van der Waals surface area contributed by atoms with E-state index < -0.39 is 0 Å². The van der Waals surface area contributed by atoms with Crippen LogP contribution in [0.15, 0.2) is 492 Å². The van der Waals surface area contributed by atoms with Gasteiger partial charge in [-0.25, -0.2) is 0 Å². The second-order valence-corrected chi connectivity index (χ2v) is 30.4. The van der Waals surface area contributed by atoms with Crippen LogP contribution in [0.3, 0.4) is 0 Å². The van der Waals surface area contributed by atoms with Crippen LogP contribution in [0, 0.1) is 0 Å². The molecule has 0 spiro atoms. The van der Waals surface area contributed by atoms with Crippen molar-refractivity contribution in [2.75, 3.05) is 29.8 Å². The first-order chi connectivity index (χ1) is 61.0. The fraction of sp³-hybridized carbons (Fsp3) is 0. The van der Waals surface area contributed by atoms with Crippen molar-refractivity contribution in [3.63, 3.8) is 0 Å². The van der Waals surface area contributed by atoms with Gasteiger partial charge in [-0.2, -0.15) is 0 Å². The van der Waals surface area contributed by atoms with Crippen LogP contribution in [0.4, 0.5) is 96.7 Å². The van der Waals surface area contributed by atoms with Crippen molar-refractivity contribution in [3.8, 4) is 33.4 Å². The minimum Gasteiger partial charge on any atom is -0.456 e. The molecule has 0 fully saturated rings. The van der Waals surface area contributed by atoms with E-state index in [1.807, 2.05) is 42.5 Å². The highest BCUT2D eigenvalue weighted by Gasteiger charge is 2.30. The van der Waals surface area contributed by atoms with Gasteiger partial charge < -0.3 is 43.1 Å². The molecular formula is C114H80N6O3. The monoisotopic (exact) mass is 1580 g/mol. The van der Waals surface area contributed by atoms with Crippen molar-refractivity contribution in [1.82, 2.24) is 0 Å². The Hall–Kier alpha value is -16.6. The van der Waals surface area contributed by atoms with E-state index in [0.717, 1.165) is 190 Å². The Labute approximate surface area is 713 Å². The van der Waals surface area contributed by atoms with E-state index >= 15 is 0 Å². The molecule has 22 aromatic rings. The molecule has 9 nitrogen and oxygen atoms in total. The van der Waals surface area contributed by atoms with E-state index in [-0.39, 0.29) is 0 Å². The standard InChI is InChI=1S/C78H54N4O2.C36H26N2O/c1-7-28-55(29-8-1)65-42-19-23-46-69(65)81(63-51-71(77-67-44-21-25-48-73(67)83-75(77)53-63)79(57-32-11-3-12-33-57)58-34-13-4-14-35-58)61-40-27-41-62(50-61)82(70-47-24-20-43-66(70)56-30-9-2-10-31-56)64-52-72(78-68-45-22-26-49-74(68)84-76(78)54-64)80(59-36-15-5-16-37-59)60-38-17-6-18-39-60;1-4-14-26(15-5-1)30-20-10-12-22-32(30)37-27-24-33(36-31-21-11-13-23-34(31)39-35(36)25-27)38(28-16-6-2-7-17-28)29-18-8-3-9-19-29/h1-54H;1-25,37H. The van der Waals surface area contributed by atoms with Crippen LogP contribution in [0.25, 0.3) is 99.2 Å². The number of nitrogens with zero attached hydrogens (tertiary/aromatic N) is 5. The van der Waals surface area contributed by atoms with Crippen LogP contribution in [0.2, 0.25) is 0 Å². The predicted molar refractivity (Wildman–Crippen MR) is 514 cm³/mol. The lowest BCUT2D eigenvalue weighted by Crippen LogP contribution is -2.16. The summed E-state index contributed by atoms with van der Waals surface area (Å²) in [7, 11) is 0. The molecule has 0 aliphatic rings. The van der Waals surface area contributed by atoms with Gasteiger partial charge in [0.25, 0.3) is 0 Å². The summed E-state index contributed by atoms with van der Waals surface area (Å²) in [4.78, 5) is 11.8. The maximum Gasteiger partial charge on any atom is 0.139 e. The number of anilines is 17. The first-order valence-corrected chi connectivity index (χ1v) is 41.5. The number of hydrogen-bond acceptors (Lipinski definition) is 9. The minimum atomic E-state index is 0.769. The van der Waals surface area contributed by atoms with Gasteiger partial charge in [0, 0.05) is 108 Å². The summed E-state index contributed by atoms with van der Waals surface area (Å²) in [5.41, 5.74) is 28.5. The van der Waals surface area contributed by atoms with E-state index in [1.165, 1.54) is 5.56 Å². The van der Waals surface area contributed by atoms with Gasteiger partial charge in [0.15, 0.2) is 0 Å². The highest BCUT2D eigenvalue weighted by atomic mass is 16.3. The molecule has 3 heterocycles. The van der Waals surface area contributed by atoms with Gasteiger partial charge in [-0.15, -0.1) is 0 Å². The van der Waals surface area contributed by atoms with Crippen molar-refractivity contribution in [2.45, 2.75) is 0 Å². The fourth-order valence-corrected chi connectivity index (χ4v) is 17.4. The molecule has 0 atom stereocenters. The zero-order chi connectivity index (χ0) is 81.8. The van der Waals surface area contributed by atoms with Gasteiger partial charge in [0.2, 0.25) is 0 Å². The fourth-order valence-electron chi connectivity index (χ4n) is 17.4. The number of hydrogen-bond donors (Lipinski definition) is 1. The molecule has 1 N–H and O–H groups in total. The highest BCUT2D eigenvalue weighted by Crippen LogP contribution is 2.54. The van der Waals surface area contributed by atoms with Crippen molar-refractivity contribution in [2.24, 2.45) is 0 Å². The Morgan fingerprint density at radius 3 is 0.780 bits per heavy atom. The predicted octanol–water partition coefficient (Wildman–Crippen LogP) is 33.2. The highest BCUT2D eigenvalue weighted by molar-refractivity contribution is 6.18. The first kappa shape index (κ1) is 74.0. The van der Waals surface area contributed by atoms with Gasteiger partial charge in [0.05, 0.1) is 56.0 Å². The van der Waals surface area contributed by atoms with Crippen LogP contribution in [0.1, 0.15) is 0 Å². The van der Waals surface area contributed by atoms with Crippen LogP contribution in [-0.2, 0) is 0 Å². The SMILES string of the molecule is c1ccc(-c2ccccc2N(c2cccc(N(c3cc(N(c4ccccc4)c4ccccc4)c4c(c3)oc3ccccc34)c3ccccc3-c3ccccc3)c2)c2cc(N(c3ccccc3)c3ccccc3)c3c(c2)oc2ccccc23)cc1.c1ccc(-c2ccccc2Nc2cc(N(c3ccccc3)c3ccccc3)c3c(c2)oc2ccccc23)cc1. The Balaban J connectivity index is 0.000000198. The lowest BCUT2D eigenvalue weighted by Gasteiger charge is -2.33. The van der Waals surface area contributed by atoms with Gasteiger partial charge >= 0.3 is 0 Å². The lowest BCUT2D eigenvalue weighted by atomic mass is 10.00. The topological polar surface area (TPSA) is 67.7 Å². The summed E-state index contributed by atoms with van der Waals surface area (Å²) in [6, 6.07) is 169. The molecule has 0 aliphatic carbocycles. The average Bonchev–Trinajstić information content (AvgIpc) is 1.57. The zero-order valence-corrected chi connectivity index (χ0v) is 67.1. The molecule has 9 heteroatoms. The molecule has 584 valence electrons. The number of rotatable bonds is 20. The second-order valence-electron chi connectivity index (χ2n) is 30.4. The molecule has 0 amide bonds. The summed E-state index contributed by atoms with van der Waals surface area (Å²) in [6.07, 6.45) is 0. The summed E-state index contributed by atoms with van der Waals surface area (Å²) in [5, 5.41) is 10.0. The number of furan rings is 3. The summed E-state index contributed by atoms with van der Waals surface area (Å²) in [6.45, 7) is 0. The third-order valence-electron chi connectivity index (χ3n) is 22.8. The van der Waals surface area contributed by atoms with Crippen molar-refractivity contribution >= 4 is 163 Å². The van der Waals surface area contributed by atoms with E-state index in [4.69, 9.17) is 13.3 Å². The van der Waals surface area contributed by atoms with Gasteiger partial charge in [-0.1, -0.05) is 315 Å². The van der Waals surface area contributed by atoms with Crippen LogP contribution in [-0.4, -0.2) is 0 Å². The van der Waals surface area contributed by atoms with Crippen molar-refractivity contribution in [3.05, 3.63) is 479 Å². The Kier molecular flexibility index (Phi) is 19.9. The van der Waals surface area contributed by atoms with Gasteiger partial charge in [-0.05, 0) is 162 Å². The molecule has 19 aromatic carbocycles. The number of benzene rings is 19. The largest absolute Gasteiger partial charge is 0.456 e. The van der Waals surface area contributed by atoms with Gasteiger partial charge in [0.1, 0.15) is 33.5 Å². The van der Waals surface area contributed by atoms with E-state index in [2.05, 4.69) is 467 Å². The molecule has 3 aromatic heterocycles. The number of nitrogens with one attached hydrogen (secondary N) is 1. The maximum absolute atomic E-state index is 7.00. The molecule has 0 saturated carbocycles. The average molecular weight is 1580 g/mol. The van der Waals surface area contributed by atoms with Crippen LogP contribution < -0.4 is 29.8 Å². The number of para-hydroxylation sites is 12. The normalized spacial score (nSPS) is 11.3. The summed E-state index contributed by atoms with van der Waals surface area (Å²) >= 11 is 0. The first-order valence-electron chi connectivity index (χ1n) is 41.5. The maximum atomic E-state index is 7.00. The quantitative estimate of drug-likeness (QED) is 0.0804. The molecule has 0 unspecified atom stereocenters. The zero-order valence-electron chi connectivity index (χ0n) is 67.1. The Morgan fingerprint density at radius 2 is 0.423 bits per heavy atom. The second kappa shape index (κ2) is 33.1. The van der Waals surface area contributed by atoms with Crippen LogP contribution in [0.5, 0.6) is 0 Å². The molecule has 123 heavy (non-hydrogen) atoms. The molecule has 0 radical (unpaired) electrons. The molecule has 0 bridgehead atoms. The third kappa shape index (κ3) is 14.4. The van der Waals surface area contributed by atoms with E-state index in [9.17, 15) is 0 Å². The smallest absolute Gasteiger partial charge is 0.139 e. The minimum absolute atomic E-state index is 0.769. The Bertz CT molecular complexity index is 7060. The van der Waals surface area contributed by atoms with Crippen molar-refractivity contribution in [1.29, 1.82) is 0 Å². The third-order valence-corrected chi connectivity index (χ3v) is 22.8. The van der Waals surface area contributed by atoms with E-state index in [1.54, 1.807) is 0 Å². The van der Waals surface area contributed by atoms with Crippen molar-refractivity contribution < 1.29 is 13.3 Å². The van der Waals surface area contributed by atoms with E-state index in [0.29, 0.717) is 0 Å². The van der Waals surface area contributed by atoms with Crippen LogP contribution >= 0.6 is 0 Å². The van der Waals surface area contributed by atoms with Gasteiger partial charge in [-0.3, -0.25) is 0 Å². The molecule has 0 aliphatic heterocycles.